The van der Waals surface area contributed by atoms with Crippen LogP contribution in [0.2, 0.25) is 0 Å². The summed E-state index contributed by atoms with van der Waals surface area (Å²) in [6, 6.07) is 91.8. The van der Waals surface area contributed by atoms with Crippen molar-refractivity contribution < 1.29 is 0 Å². The summed E-state index contributed by atoms with van der Waals surface area (Å²) in [5.41, 5.74) is 15.1. The molecular weight excluding hydrogens is 747 g/mol. The predicted molar refractivity (Wildman–Crippen MR) is 262 cm³/mol. The number of rotatable bonds is 7. The number of hydrogen-bond donors (Lipinski definition) is 0. The van der Waals surface area contributed by atoms with Crippen LogP contribution < -0.4 is 4.90 Å². The first kappa shape index (κ1) is 35.9. The molecule has 0 N–H and O–H groups in total. The van der Waals surface area contributed by atoms with E-state index >= 15 is 0 Å². The molecule has 0 bridgehead atoms. The second kappa shape index (κ2) is 14.6. The summed E-state index contributed by atoms with van der Waals surface area (Å²) in [4.78, 5) is 2.49. The molecule has 1 aliphatic carbocycles. The summed E-state index contributed by atoms with van der Waals surface area (Å²) in [7, 11) is 0. The highest BCUT2D eigenvalue weighted by Gasteiger charge is 2.46. The lowest BCUT2D eigenvalue weighted by Gasteiger charge is -2.35. The Bertz CT molecular complexity index is 3430. The first-order valence-electron chi connectivity index (χ1n) is 21.5. The zero-order valence-electron chi connectivity index (χ0n) is 34.1. The van der Waals surface area contributed by atoms with E-state index in [0.29, 0.717) is 0 Å². The molecule has 0 heterocycles. The third kappa shape index (κ3) is 5.63. The number of para-hydroxylation sites is 1. The fraction of sp³-hybridized carbons (Fsp3) is 0.0164. The molecule has 0 aliphatic heterocycles. The molecule has 11 aromatic rings. The fourth-order valence-electron chi connectivity index (χ4n) is 10.4. The highest BCUT2D eigenvalue weighted by molar-refractivity contribution is 6.14. The van der Waals surface area contributed by atoms with Crippen molar-refractivity contribution in [3.63, 3.8) is 0 Å². The predicted octanol–water partition coefficient (Wildman–Crippen LogP) is 16.3. The second-order valence-corrected chi connectivity index (χ2v) is 16.4. The van der Waals surface area contributed by atoms with E-state index in [1.165, 1.54) is 88.0 Å². The van der Waals surface area contributed by atoms with E-state index < -0.39 is 5.41 Å². The summed E-state index contributed by atoms with van der Waals surface area (Å²) < 4.78 is 0. The third-order valence-electron chi connectivity index (χ3n) is 13.1. The Morgan fingerprint density at radius 2 is 0.855 bits per heavy atom. The van der Waals surface area contributed by atoms with Gasteiger partial charge in [-0.1, -0.05) is 206 Å². The minimum atomic E-state index is -0.528. The topological polar surface area (TPSA) is 3.24 Å². The van der Waals surface area contributed by atoms with Gasteiger partial charge in [-0.2, -0.15) is 0 Å². The van der Waals surface area contributed by atoms with E-state index in [-0.39, 0.29) is 0 Å². The number of fused-ring (bicyclic) bond motifs is 7. The highest BCUT2D eigenvalue weighted by Crippen LogP contribution is 2.57. The van der Waals surface area contributed by atoms with Gasteiger partial charge in [-0.05, 0) is 125 Å². The number of benzene rings is 11. The Morgan fingerprint density at radius 3 is 1.65 bits per heavy atom. The van der Waals surface area contributed by atoms with Crippen LogP contribution in [0.1, 0.15) is 22.3 Å². The van der Waals surface area contributed by atoms with Crippen molar-refractivity contribution >= 4 is 49.4 Å². The molecule has 0 atom stereocenters. The Balaban J connectivity index is 1.13. The van der Waals surface area contributed by atoms with Gasteiger partial charge in [0.25, 0.3) is 0 Å². The van der Waals surface area contributed by atoms with Crippen molar-refractivity contribution in [2.75, 3.05) is 4.90 Å². The number of nitrogens with zero attached hydrogens (tertiary/aromatic N) is 1. The van der Waals surface area contributed by atoms with Crippen molar-refractivity contribution in [2.24, 2.45) is 0 Å². The van der Waals surface area contributed by atoms with Crippen molar-refractivity contribution in [3.05, 3.63) is 271 Å². The number of hydrogen-bond acceptors (Lipinski definition) is 1. The Labute approximate surface area is 362 Å². The van der Waals surface area contributed by atoms with Gasteiger partial charge in [-0.3, -0.25) is 0 Å². The lowest BCUT2D eigenvalue weighted by Crippen LogP contribution is -2.28. The molecule has 62 heavy (non-hydrogen) atoms. The third-order valence-corrected chi connectivity index (χ3v) is 13.1. The van der Waals surface area contributed by atoms with Gasteiger partial charge in [0.1, 0.15) is 0 Å². The van der Waals surface area contributed by atoms with Gasteiger partial charge in [0, 0.05) is 16.9 Å². The van der Waals surface area contributed by atoms with Gasteiger partial charge in [-0.15, -0.1) is 0 Å². The largest absolute Gasteiger partial charge is 0.310 e. The molecule has 290 valence electrons. The summed E-state index contributed by atoms with van der Waals surface area (Å²) in [5.74, 6) is 0. The normalized spacial score (nSPS) is 12.6. The molecule has 0 fully saturated rings. The van der Waals surface area contributed by atoms with Crippen molar-refractivity contribution in [1.29, 1.82) is 0 Å². The van der Waals surface area contributed by atoms with Crippen LogP contribution in [0.5, 0.6) is 0 Å². The Hall–Kier alpha value is -8.00. The van der Waals surface area contributed by atoms with E-state index in [9.17, 15) is 0 Å². The van der Waals surface area contributed by atoms with E-state index in [4.69, 9.17) is 0 Å². The van der Waals surface area contributed by atoms with Crippen LogP contribution in [0.15, 0.2) is 249 Å². The zero-order chi connectivity index (χ0) is 41.0. The Kier molecular flexibility index (Phi) is 8.47. The van der Waals surface area contributed by atoms with Gasteiger partial charge in [0.15, 0.2) is 0 Å². The number of anilines is 3. The minimum absolute atomic E-state index is 0.528. The zero-order valence-corrected chi connectivity index (χ0v) is 34.1. The average Bonchev–Trinajstić information content (AvgIpc) is 3.65. The van der Waals surface area contributed by atoms with Gasteiger partial charge in [0.2, 0.25) is 0 Å². The average molecular weight is 788 g/mol. The standard InChI is InChI=1S/C61H41N/c1-3-22-47(23-4-1)61(48-24-5-2-6-25-48)58-32-15-13-31-55(58)56-37-36-50(41-59(56)61)62(60-33-16-14-28-52(60)46-35-34-42-18-7-8-19-43(42)38-46)49-26-17-21-44(39-49)57-40-45-20-9-10-27-51(45)53-29-11-12-30-54(53)57/h1-41H. The maximum atomic E-state index is 2.49. The van der Waals surface area contributed by atoms with E-state index in [1.54, 1.807) is 0 Å². The van der Waals surface area contributed by atoms with Crippen LogP contribution in [0.4, 0.5) is 17.1 Å². The minimum Gasteiger partial charge on any atom is -0.310 e. The molecule has 0 amide bonds. The summed E-state index contributed by atoms with van der Waals surface area (Å²) in [5, 5.41) is 7.48. The first-order chi connectivity index (χ1) is 30.8. The second-order valence-electron chi connectivity index (χ2n) is 16.4. The highest BCUT2D eigenvalue weighted by atomic mass is 15.1. The van der Waals surface area contributed by atoms with Crippen molar-refractivity contribution in [1.82, 2.24) is 0 Å². The fourth-order valence-corrected chi connectivity index (χ4v) is 10.4. The molecule has 0 spiro atoms. The van der Waals surface area contributed by atoms with Crippen LogP contribution in [-0.4, -0.2) is 0 Å². The molecule has 0 unspecified atom stereocenters. The van der Waals surface area contributed by atoms with Crippen molar-refractivity contribution in [3.8, 4) is 33.4 Å². The Morgan fingerprint density at radius 1 is 0.274 bits per heavy atom. The van der Waals surface area contributed by atoms with Crippen LogP contribution in [-0.2, 0) is 5.41 Å². The van der Waals surface area contributed by atoms with Crippen molar-refractivity contribution in [2.45, 2.75) is 5.41 Å². The summed E-state index contributed by atoms with van der Waals surface area (Å²) in [6.07, 6.45) is 0. The van der Waals surface area contributed by atoms with Crippen LogP contribution in [0.25, 0.3) is 65.7 Å². The van der Waals surface area contributed by atoms with Crippen LogP contribution in [0.3, 0.4) is 0 Å². The van der Waals surface area contributed by atoms with Crippen LogP contribution >= 0.6 is 0 Å². The smallest absolute Gasteiger partial charge is 0.0714 e. The molecule has 1 nitrogen and oxygen atoms in total. The van der Waals surface area contributed by atoms with Gasteiger partial charge < -0.3 is 4.90 Å². The molecule has 0 aromatic heterocycles. The van der Waals surface area contributed by atoms with Crippen LogP contribution in [0, 0.1) is 0 Å². The van der Waals surface area contributed by atoms with Gasteiger partial charge in [-0.25, -0.2) is 0 Å². The van der Waals surface area contributed by atoms with E-state index in [0.717, 1.165) is 17.1 Å². The summed E-state index contributed by atoms with van der Waals surface area (Å²) >= 11 is 0. The summed E-state index contributed by atoms with van der Waals surface area (Å²) in [6.45, 7) is 0. The van der Waals surface area contributed by atoms with Gasteiger partial charge >= 0.3 is 0 Å². The molecule has 1 aliphatic rings. The maximum absolute atomic E-state index is 2.49. The molecule has 0 saturated heterocycles. The van der Waals surface area contributed by atoms with E-state index in [2.05, 4.69) is 254 Å². The van der Waals surface area contributed by atoms with E-state index in [1.807, 2.05) is 0 Å². The first-order valence-corrected chi connectivity index (χ1v) is 21.5. The van der Waals surface area contributed by atoms with Gasteiger partial charge in [0.05, 0.1) is 11.1 Å². The SMILES string of the molecule is c1ccc(C2(c3ccccc3)c3ccccc3-c3ccc(N(c4cccc(-c5cc6ccccc6c6ccccc56)c4)c4ccccc4-c4ccc5ccccc5c4)cc32)cc1. The molecule has 0 saturated carbocycles. The molecule has 1 heteroatoms. The lowest BCUT2D eigenvalue weighted by molar-refractivity contribution is 0.768. The molecular formula is C61H41N. The molecule has 0 radical (unpaired) electrons. The molecule has 12 rings (SSSR count). The lowest BCUT2D eigenvalue weighted by atomic mass is 9.67. The maximum Gasteiger partial charge on any atom is 0.0714 e. The molecule has 11 aromatic carbocycles. The monoisotopic (exact) mass is 787 g/mol. The quantitative estimate of drug-likeness (QED) is 0.145.